The van der Waals surface area contributed by atoms with E-state index in [9.17, 15) is 0 Å². The van der Waals surface area contributed by atoms with E-state index >= 15 is 0 Å². The number of halogens is 1. The number of nitrogens with zero attached hydrogens (tertiary/aromatic N) is 3. The van der Waals surface area contributed by atoms with Crippen LogP contribution < -0.4 is 25.4 Å². The highest BCUT2D eigenvalue weighted by Gasteiger charge is 2.06. The van der Waals surface area contributed by atoms with Crippen LogP contribution in [0, 0.1) is 0 Å². The molecule has 0 bridgehead atoms. The fourth-order valence-electron chi connectivity index (χ4n) is 2.55. The molecule has 148 valence electrons. The van der Waals surface area contributed by atoms with Crippen molar-refractivity contribution in [2.45, 2.75) is 13.0 Å². The third kappa shape index (κ3) is 6.78. The number of rotatable bonds is 8. The van der Waals surface area contributed by atoms with Crippen molar-refractivity contribution < 1.29 is 9.47 Å². The summed E-state index contributed by atoms with van der Waals surface area (Å²) in [4.78, 5) is 10.7. The number of nitrogens with one attached hydrogen (secondary N) is 1. The Bertz CT molecular complexity index is 753. The summed E-state index contributed by atoms with van der Waals surface area (Å²) < 4.78 is 10.6. The monoisotopic (exact) mass is 485 g/mol. The standard InChI is InChI=1S/C19H27N5O2.HI/c1-24(2)18-15(6-5-10-21-18)13-23-19(20)22-11-9-14-7-8-16(25-3)17(12-14)26-4;/h5-8,10,12H,9,11,13H2,1-4H3,(H3,20,22,23);1H. The highest BCUT2D eigenvalue weighted by molar-refractivity contribution is 14.0. The number of guanidine groups is 1. The molecule has 0 aliphatic heterocycles. The van der Waals surface area contributed by atoms with E-state index in [1.54, 1.807) is 20.4 Å². The number of ether oxygens (including phenoxy) is 2. The van der Waals surface area contributed by atoms with E-state index < -0.39 is 0 Å². The van der Waals surface area contributed by atoms with Crippen molar-refractivity contribution in [1.82, 2.24) is 10.3 Å². The highest BCUT2D eigenvalue weighted by Crippen LogP contribution is 2.27. The summed E-state index contributed by atoms with van der Waals surface area (Å²) in [5, 5.41) is 3.14. The molecule has 2 aromatic rings. The van der Waals surface area contributed by atoms with Crippen LogP contribution in [0.5, 0.6) is 11.5 Å². The molecule has 7 nitrogen and oxygen atoms in total. The molecule has 0 fully saturated rings. The number of methoxy groups -OCH3 is 2. The van der Waals surface area contributed by atoms with Gasteiger partial charge in [-0.25, -0.2) is 9.98 Å². The van der Waals surface area contributed by atoms with E-state index in [-0.39, 0.29) is 24.0 Å². The molecule has 0 amide bonds. The molecule has 3 N–H and O–H groups in total. The Morgan fingerprint density at radius 1 is 1.19 bits per heavy atom. The van der Waals surface area contributed by atoms with Gasteiger partial charge < -0.3 is 25.4 Å². The molecule has 0 atom stereocenters. The number of hydrogen-bond acceptors (Lipinski definition) is 5. The summed E-state index contributed by atoms with van der Waals surface area (Å²) in [6.45, 7) is 1.16. The Morgan fingerprint density at radius 2 is 1.93 bits per heavy atom. The van der Waals surface area contributed by atoms with Crippen LogP contribution in [0.15, 0.2) is 41.5 Å². The fourth-order valence-corrected chi connectivity index (χ4v) is 2.55. The Balaban J connectivity index is 0.00000364. The van der Waals surface area contributed by atoms with E-state index in [1.807, 2.05) is 49.3 Å². The second-order valence-electron chi connectivity index (χ2n) is 5.95. The first kappa shape index (κ1) is 22.8. The van der Waals surface area contributed by atoms with Crippen LogP contribution in [0.25, 0.3) is 0 Å². The molecule has 8 heteroatoms. The van der Waals surface area contributed by atoms with E-state index in [4.69, 9.17) is 15.2 Å². The summed E-state index contributed by atoms with van der Waals surface area (Å²) in [6, 6.07) is 9.78. The third-order valence-electron chi connectivity index (χ3n) is 3.88. The van der Waals surface area contributed by atoms with Gasteiger partial charge in [-0.15, -0.1) is 24.0 Å². The molecule has 0 radical (unpaired) electrons. The molecular formula is C19H28IN5O2. The highest BCUT2D eigenvalue weighted by atomic mass is 127. The summed E-state index contributed by atoms with van der Waals surface area (Å²) in [5.74, 6) is 2.76. The molecule has 0 aliphatic carbocycles. The largest absolute Gasteiger partial charge is 0.493 e. The lowest BCUT2D eigenvalue weighted by molar-refractivity contribution is 0.354. The van der Waals surface area contributed by atoms with Crippen molar-refractivity contribution in [2.24, 2.45) is 10.7 Å². The van der Waals surface area contributed by atoms with E-state index in [0.717, 1.165) is 34.9 Å². The Kier molecular flexibility index (Phi) is 9.70. The zero-order chi connectivity index (χ0) is 18.9. The van der Waals surface area contributed by atoms with Crippen LogP contribution in [0.1, 0.15) is 11.1 Å². The minimum Gasteiger partial charge on any atom is -0.493 e. The van der Waals surface area contributed by atoms with Crippen molar-refractivity contribution >= 4 is 35.8 Å². The lowest BCUT2D eigenvalue weighted by atomic mass is 10.1. The molecule has 0 spiro atoms. The van der Waals surface area contributed by atoms with Gasteiger partial charge in [-0.05, 0) is 30.2 Å². The average Bonchev–Trinajstić information content (AvgIpc) is 2.66. The molecule has 27 heavy (non-hydrogen) atoms. The number of anilines is 1. The van der Waals surface area contributed by atoms with Crippen molar-refractivity contribution in [3.8, 4) is 11.5 Å². The number of aliphatic imine (C=N–C) groups is 1. The lowest BCUT2D eigenvalue weighted by Gasteiger charge is -2.14. The van der Waals surface area contributed by atoms with Crippen LogP contribution in [0.4, 0.5) is 5.82 Å². The summed E-state index contributed by atoms with van der Waals surface area (Å²) in [5.41, 5.74) is 8.13. The Labute approximate surface area is 178 Å². The predicted octanol–water partition coefficient (Wildman–Crippen LogP) is 2.43. The van der Waals surface area contributed by atoms with Crippen molar-refractivity contribution in [1.29, 1.82) is 0 Å². The first-order chi connectivity index (χ1) is 12.5. The van der Waals surface area contributed by atoms with Crippen LogP contribution in [-0.2, 0) is 13.0 Å². The molecule has 1 heterocycles. The number of benzene rings is 1. The molecule has 0 saturated carbocycles. The molecule has 2 rings (SSSR count). The first-order valence-electron chi connectivity index (χ1n) is 8.41. The molecular weight excluding hydrogens is 457 g/mol. The SMILES string of the molecule is COc1ccc(CCNC(N)=NCc2cccnc2N(C)C)cc1OC.I. The molecule has 0 unspecified atom stereocenters. The topological polar surface area (TPSA) is 85.0 Å². The van der Waals surface area contributed by atoms with Crippen LogP contribution in [0.3, 0.4) is 0 Å². The summed E-state index contributed by atoms with van der Waals surface area (Å²) in [6.07, 6.45) is 2.57. The van der Waals surface area contributed by atoms with E-state index in [2.05, 4.69) is 15.3 Å². The van der Waals surface area contributed by atoms with Gasteiger partial charge in [0.15, 0.2) is 17.5 Å². The summed E-state index contributed by atoms with van der Waals surface area (Å²) >= 11 is 0. The predicted molar refractivity (Wildman–Crippen MR) is 121 cm³/mol. The van der Waals surface area contributed by atoms with Gasteiger partial charge in [0.05, 0.1) is 20.8 Å². The normalized spacial score (nSPS) is 10.7. The maximum atomic E-state index is 5.97. The number of nitrogens with two attached hydrogens (primary N) is 1. The minimum atomic E-state index is 0. The van der Waals surface area contributed by atoms with Crippen molar-refractivity contribution in [3.63, 3.8) is 0 Å². The number of aromatic nitrogens is 1. The smallest absolute Gasteiger partial charge is 0.188 e. The van der Waals surface area contributed by atoms with Gasteiger partial charge in [-0.2, -0.15) is 0 Å². The lowest BCUT2D eigenvalue weighted by Crippen LogP contribution is -2.33. The number of hydrogen-bond donors (Lipinski definition) is 2. The van der Waals surface area contributed by atoms with E-state index in [0.29, 0.717) is 19.0 Å². The maximum Gasteiger partial charge on any atom is 0.188 e. The van der Waals surface area contributed by atoms with Crippen molar-refractivity contribution in [2.75, 3.05) is 39.8 Å². The third-order valence-corrected chi connectivity index (χ3v) is 3.88. The zero-order valence-electron chi connectivity index (χ0n) is 16.2. The van der Waals surface area contributed by atoms with Gasteiger partial charge in [-0.1, -0.05) is 12.1 Å². The van der Waals surface area contributed by atoms with Gasteiger partial charge in [0, 0.05) is 32.4 Å². The molecule has 0 aliphatic rings. The quantitative estimate of drug-likeness (QED) is 0.340. The minimum absolute atomic E-state index is 0. The second-order valence-corrected chi connectivity index (χ2v) is 5.95. The second kappa shape index (κ2) is 11.5. The van der Waals surface area contributed by atoms with Gasteiger partial charge in [-0.3, -0.25) is 0 Å². The van der Waals surface area contributed by atoms with Gasteiger partial charge in [0.1, 0.15) is 5.82 Å². The molecule has 1 aromatic heterocycles. The van der Waals surface area contributed by atoms with Gasteiger partial charge in [0.25, 0.3) is 0 Å². The molecule has 0 saturated heterocycles. The Morgan fingerprint density at radius 3 is 2.59 bits per heavy atom. The Hall–Kier alpha value is -2.23. The van der Waals surface area contributed by atoms with Crippen molar-refractivity contribution in [3.05, 3.63) is 47.7 Å². The van der Waals surface area contributed by atoms with Crippen LogP contribution in [-0.4, -0.2) is 45.8 Å². The van der Waals surface area contributed by atoms with Gasteiger partial charge in [0.2, 0.25) is 0 Å². The van der Waals surface area contributed by atoms with Gasteiger partial charge >= 0.3 is 0 Å². The zero-order valence-corrected chi connectivity index (χ0v) is 18.6. The first-order valence-corrected chi connectivity index (χ1v) is 8.41. The van der Waals surface area contributed by atoms with E-state index in [1.165, 1.54) is 0 Å². The number of pyridine rings is 1. The molecule has 1 aromatic carbocycles. The average molecular weight is 485 g/mol. The summed E-state index contributed by atoms with van der Waals surface area (Å²) in [7, 11) is 7.17. The maximum absolute atomic E-state index is 5.97. The fraction of sp³-hybridized carbons (Fsp3) is 0.368. The van der Waals surface area contributed by atoms with Crippen LogP contribution >= 0.6 is 24.0 Å². The van der Waals surface area contributed by atoms with Crippen LogP contribution in [0.2, 0.25) is 0 Å².